The van der Waals surface area contributed by atoms with E-state index < -0.39 is 0 Å². The highest BCUT2D eigenvalue weighted by atomic mass is 16.1. The lowest BCUT2D eigenvalue weighted by Gasteiger charge is -2.34. The fourth-order valence-electron chi connectivity index (χ4n) is 3.38. The minimum atomic E-state index is -0.169. The van der Waals surface area contributed by atoms with Gasteiger partial charge in [-0.1, -0.05) is 36.4 Å². The molecule has 3 aromatic rings. The number of fused-ring (bicyclic) bond motifs is 2. The molecule has 1 aromatic heterocycles. The first kappa shape index (κ1) is 14.0. The van der Waals surface area contributed by atoms with E-state index in [0.29, 0.717) is 6.67 Å². The van der Waals surface area contributed by atoms with Crippen LogP contribution in [-0.2, 0) is 11.2 Å². The molecule has 2 heterocycles. The van der Waals surface area contributed by atoms with Crippen LogP contribution in [0.25, 0.3) is 10.9 Å². The highest BCUT2D eigenvalue weighted by Gasteiger charge is 2.26. The molecule has 0 aliphatic carbocycles. The van der Waals surface area contributed by atoms with Gasteiger partial charge in [0, 0.05) is 29.3 Å². The zero-order valence-corrected chi connectivity index (χ0v) is 12.8. The number of hydrogen-bond donors (Lipinski definition) is 2. The molecular weight excluding hydrogens is 286 g/mol. The van der Waals surface area contributed by atoms with Gasteiger partial charge in [-0.05, 0) is 29.7 Å². The molecule has 116 valence electrons. The number of aromatic nitrogens is 1. The van der Waals surface area contributed by atoms with Crippen LogP contribution in [0, 0.1) is 0 Å². The number of nitrogens with one attached hydrogen (secondary N) is 2. The van der Waals surface area contributed by atoms with E-state index in [-0.39, 0.29) is 6.04 Å². The zero-order valence-electron chi connectivity index (χ0n) is 12.8. The highest BCUT2D eigenvalue weighted by molar-refractivity contribution is 5.83. The molecule has 4 heteroatoms. The molecule has 1 aliphatic heterocycles. The van der Waals surface area contributed by atoms with Crippen LogP contribution in [0.15, 0.2) is 54.7 Å². The van der Waals surface area contributed by atoms with Crippen molar-refractivity contribution in [1.29, 1.82) is 0 Å². The van der Waals surface area contributed by atoms with Gasteiger partial charge in [0.05, 0.1) is 12.7 Å². The minimum absolute atomic E-state index is 0.169. The second-order valence-electron chi connectivity index (χ2n) is 5.92. The number of hydrogen-bond acceptors (Lipinski definition) is 3. The maximum atomic E-state index is 11.6. The smallest absolute Gasteiger partial charge is 0.141 e. The van der Waals surface area contributed by atoms with E-state index in [2.05, 4.69) is 39.6 Å². The van der Waals surface area contributed by atoms with Crippen molar-refractivity contribution in [3.8, 4) is 0 Å². The van der Waals surface area contributed by atoms with Gasteiger partial charge in [-0.15, -0.1) is 0 Å². The number of anilines is 1. The molecule has 4 nitrogen and oxygen atoms in total. The second kappa shape index (κ2) is 5.89. The Morgan fingerprint density at radius 3 is 2.87 bits per heavy atom. The van der Waals surface area contributed by atoms with Crippen LogP contribution in [-0.4, -0.2) is 29.4 Å². The molecule has 0 saturated carbocycles. The summed E-state index contributed by atoms with van der Waals surface area (Å²) in [5.41, 5.74) is 4.58. The Labute approximate surface area is 135 Å². The second-order valence-corrected chi connectivity index (χ2v) is 5.92. The van der Waals surface area contributed by atoms with Gasteiger partial charge < -0.3 is 15.1 Å². The summed E-state index contributed by atoms with van der Waals surface area (Å²) in [6.07, 6.45) is 4.04. The van der Waals surface area contributed by atoms with Crippen molar-refractivity contribution in [3.05, 3.63) is 65.9 Å². The average Bonchev–Trinajstić information content (AvgIpc) is 3.02. The number of nitrogens with zero attached hydrogens (tertiary/aromatic N) is 1. The molecule has 0 radical (unpaired) electrons. The molecule has 1 unspecified atom stereocenters. The summed E-state index contributed by atoms with van der Waals surface area (Å²) in [6, 6.07) is 16.2. The molecule has 1 atom stereocenters. The van der Waals surface area contributed by atoms with E-state index >= 15 is 0 Å². The van der Waals surface area contributed by atoms with Gasteiger partial charge in [-0.25, -0.2) is 0 Å². The molecule has 23 heavy (non-hydrogen) atoms. The topological polar surface area (TPSA) is 48.1 Å². The largest absolute Gasteiger partial charge is 0.372 e. The van der Waals surface area contributed by atoms with Crippen LogP contribution in [0.1, 0.15) is 17.2 Å². The number of para-hydroxylation sites is 2. The Morgan fingerprint density at radius 1 is 1.13 bits per heavy atom. The standard InChI is InChI=1S/C19H19N3O/c23-12-19-16-6-2-4-8-18(16)21-13-22(19)10-9-14-11-20-17-7-3-1-5-15(14)17/h1-8,11-12,19-21H,9-10,13H2. The number of benzene rings is 2. The third-order valence-electron chi connectivity index (χ3n) is 4.62. The van der Waals surface area contributed by atoms with Crippen molar-refractivity contribution < 1.29 is 4.79 Å². The van der Waals surface area contributed by atoms with Gasteiger partial charge in [0.15, 0.2) is 0 Å². The van der Waals surface area contributed by atoms with Crippen LogP contribution in [0.5, 0.6) is 0 Å². The van der Waals surface area contributed by atoms with Crippen LogP contribution in [0.4, 0.5) is 5.69 Å². The van der Waals surface area contributed by atoms with Crippen molar-refractivity contribution >= 4 is 22.9 Å². The number of aldehydes is 1. The van der Waals surface area contributed by atoms with Gasteiger partial charge >= 0.3 is 0 Å². The van der Waals surface area contributed by atoms with Gasteiger partial charge in [-0.3, -0.25) is 4.90 Å². The van der Waals surface area contributed by atoms with Crippen LogP contribution < -0.4 is 5.32 Å². The van der Waals surface area contributed by atoms with E-state index in [9.17, 15) is 4.79 Å². The number of rotatable bonds is 4. The Morgan fingerprint density at radius 2 is 1.96 bits per heavy atom. The van der Waals surface area contributed by atoms with E-state index in [4.69, 9.17) is 0 Å². The fraction of sp³-hybridized carbons (Fsp3) is 0.211. The van der Waals surface area contributed by atoms with E-state index in [1.54, 1.807) is 0 Å². The lowest BCUT2D eigenvalue weighted by atomic mass is 10.0. The highest BCUT2D eigenvalue weighted by Crippen LogP contribution is 2.30. The van der Waals surface area contributed by atoms with Crippen molar-refractivity contribution in [2.24, 2.45) is 0 Å². The zero-order chi connectivity index (χ0) is 15.6. The van der Waals surface area contributed by atoms with Gasteiger partial charge in [0.2, 0.25) is 0 Å². The van der Waals surface area contributed by atoms with Crippen LogP contribution in [0.3, 0.4) is 0 Å². The Hall–Kier alpha value is -2.59. The van der Waals surface area contributed by atoms with E-state index in [0.717, 1.165) is 36.0 Å². The number of H-pyrrole nitrogens is 1. The summed E-state index contributed by atoms with van der Waals surface area (Å²) in [4.78, 5) is 17.1. The maximum absolute atomic E-state index is 11.6. The summed E-state index contributed by atoms with van der Waals surface area (Å²) >= 11 is 0. The van der Waals surface area contributed by atoms with Gasteiger partial charge in [0.25, 0.3) is 0 Å². The Balaban J connectivity index is 1.54. The summed E-state index contributed by atoms with van der Waals surface area (Å²) in [7, 11) is 0. The summed E-state index contributed by atoms with van der Waals surface area (Å²) < 4.78 is 0. The predicted octanol–water partition coefficient (Wildman–Crippen LogP) is 3.34. The van der Waals surface area contributed by atoms with Crippen LogP contribution >= 0.6 is 0 Å². The summed E-state index contributed by atoms with van der Waals surface area (Å²) in [6.45, 7) is 1.54. The normalized spacial score (nSPS) is 17.7. The molecule has 0 amide bonds. The van der Waals surface area contributed by atoms with Crippen molar-refractivity contribution in [3.63, 3.8) is 0 Å². The molecule has 2 N–H and O–H groups in total. The van der Waals surface area contributed by atoms with Crippen molar-refractivity contribution in [1.82, 2.24) is 9.88 Å². The number of carbonyl (C=O) groups is 1. The van der Waals surface area contributed by atoms with Crippen molar-refractivity contribution in [2.45, 2.75) is 12.5 Å². The quantitative estimate of drug-likeness (QED) is 0.727. The molecule has 0 fully saturated rings. The first-order chi connectivity index (χ1) is 11.4. The average molecular weight is 305 g/mol. The molecule has 4 rings (SSSR count). The van der Waals surface area contributed by atoms with Crippen molar-refractivity contribution in [2.75, 3.05) is 18.5 Å². The van der Waals surface area contributed by atoms with Gasteiger partial charge in [0.1, 0.15) is 6.29 Å². The lowest BCUT2D eigenvalue weighted by molar-refractivity contribution is -0.112. The lowest BCUT2D eigenvalue weighted by Crippen LogP contribution is -2.39. The maximum Gasteiger partial charge on any atom is 0.141 e. The number of carbonyl (C=O) groups excluding carboxylic acids is 1. The Kier molecular flexibility index (Phi) is 3.60. The van der Waals surface area contributed by atoms with E-state index in [1.807, 2.05) is 30.3 Å². The SMILES string of the molecule is O=CC1c2ccccc2NCN1CCc1c[nH]c2ccccc12. The van der Waals surface area contributed by atoms with E-state index in [1.165, 1.54) is 10.9 Å². The van der Waals surface area contributed by atoms with Crippen LogP contribution in [0.2, 0.25) is 0 Å². The first-order valence-electron chi connectivity index (χ1n) is 7.94. The first-order valence-corrected chi connectivity index (χ1v) is 7.94. The molecular formula is C19H19N3O. The molecule has 0 saturated heterocycles. The third kappa shape index (κ3) is 2.51. The summed E-state index contributed by atoms with van der Waals surface area (Å²) in [5, 5.41) is 4.67. The van der Waals surface area contributed by atoms with Gasteiger partial charge in [-0.2, -0.15) is 0 Å². The fourth-order valence-corrected chi connectivity index (χ4v) is 3.38. The molecule has 2 aromatic carbocycles. The molecule has 1 aliphatic rings. The molecule has 0 bridgehead atoms. The third-order valence-corrected chi connectivity index (χ3v) is 4.62. The predicted molar refractivity (Wildman–Crippen MR) is 92.4 cm³/mol. The number of aromatic amines is 1. The molecule has 0 spiro atoms. The minimum Gasteiger partial charge on any atom is -0.372 e. The Bertz CT molecular complexity index is 839. The monoisotopic (exact) mass is 305 g/mol. The summed E-state index contributed by atoms with van der Waals surface area (Å²) in [5.74, 6) is 0.